The van der Waals surface area contributed by atoms with Crippen molar-refractivity contribution in [3.63, 3.8) is 0 Å². The van der Waals surface area contributed by atoms with Crippen LogP contribution in [-0.2, 0) is 11.0 Å². The van der Waals surface area contributed by atoms with Gasteiger partial charge >= 0.3 is 6.18 Å². The highest BCUT2D eigenvalue weighted by molar-refractivity contribution is 8.00. The van der Waals surface area contributed by atoms with E-state index in [0.29, 0.717) is 5.39 Å². The average molecular weight is 399 g/mol. The largest absolute Gasteiger partial charge is 0.451 e. The van der Waals surface area contributed by atoms with Crippen molar-refractivity contribution in [1.82, 2.24) is 9.97 Å². The molecule has 0 atom stereocenters. The Morgan fingerprint density at radius 2 is 1.81 bits per heavy atom. The highest BCUT2D eigenvalue weighted by atomic mass is 32.2. The fourth-order valence-electron chi connectivity index (χ4n) is 2.20. The van der Waals surface area contributed by atoms with Crippen molar-refractivity contribution in [3.8, 4) is 0 Å². The predicted octanol–water partition coefficient (Wildman–Crippen LogP) is 4.66. The molecule has 27 heavy (non-hydrogen) atoms. The molecule has 1 N–H and O–H groups in total. The highest BCUT2D eigenvalue weighted by Gasteiger charge is 2.35. The first-order chi connectivity index (χ1) is 12.7. The Hall–Kier alpha value is -2.75. The standard InChI is InChI=1S/C17H10F5N3OS/c18-9-5-6-11(19)13(7-9)23-14(26)8-27-15-10-3-1-2-4-12(10)24-16(25-15)17(20,21)22/h1-7H,8H2,(H,23,26). The molecule has 0 radical (unpaired) electrons. The number of para-hydroxylation sites is 1. The summed E-state index contributed by atoms with van der Waals surface area (Å²) in [5.41, 5.74) is -0.275. The number of rotatable bonds is 4. The minimum Gasteiger partial charge on any atom is -0.323 e. The Morgan fingerprint density at radius 3 is 2.56 bits per heavy atom. The van der Waals surface area contributed by atoms with E-state index in [9.17, 15) is 26.7 Å². The van der Waals surface area contributed by atoms with Gasteiger partial charge in [0.25, 0.3) is 0 Å². The Kier molecular flexibility index (Phi) is 5.26. The Labute approximate surface area is 153 Å². The fraction of sp³-hybridized carbons (Fsp3) is 0.118. The van der Waals surface area contributed by atoms with E-state index in [4.69, 9.17) is 0 Å². The molecule has 0 aliphatic heterocycles. The van der Waals surface area contributed by atoms with Crippen molar-refractivity contribution in [1.29, 1.82) is 0 Å². The van der Waals surface area contributed by atoms with Crippen molar-refractivity contribution < 1.29 is 26.7 Å². The molecule has 0 aliphatic carbocycles. The zero-order chi connectivity index (χ0) is 19.6. The molecule has 0 saturated carbocycles. The van der Waals surface area contributed by atoms with Gasteiger partial charge in [-0.2, -0.15) is 13.2 Å². The van der Waals surface area contributed by atoms with Gasteiger partial charge in [0, 0.05) is 11.5 Å². The van der Waals surface area contributed by atoms with Gasteiger partial charge in [-0.15, -0.1) is 0 Å². The molecule has 3 rings (SSSR count). The molecule has 4 nitrogen and oxygen atoms in total. The number of fused-ring (bicyclic) bond motifs is 1. The van der Waals surface area contributed by atoms with Crippen molar-refractivity contribution in [3.05, 3.63) is 59.9 Å². The number of nitrogens with one attached hydrogen (secondary N) is 1. The Bertz CT molecular complexity index is 1010. The Morgan fingerprint density at radius 1 is 1.07 bits per heavy atom. The third-order valence-electron chi connectivity index (χ3n) is 3.36. The average Bonchev–Trinajstić information content (AvgIpc) is 2.61. The van der Waals surface area contributed by atoms with Gasteiger partial charge in [-0.25, -0.2) is 18.7 Å². The maximum absolute atomic E-state index is 13.6. The predicted molar refractivity (Wildman–Crippen MR) is 90.3 cm³/mol. The van der Waals surface area contributed by atoms with Crippen LogP contribution in [0.5, 0.6) is 0 Å². The summed E-state index contributed by atoms with van der Waals surface area (Å²) in [6.45, 7) is 0. The van der Waals surface area contributed by atoms with E-state index in [1.807, 2.05) is 0 Å². The smallest absolute Gasteiger partial charge is 0.323 e. The van der Waals surface area contributed by atoms with E-state index in [-0.39, 0.29) is 22.0 Å². The summed E-state index contributed by atoms with van der Waals surface area (Å²) in [7, 11) is 0. The van der Waals surface area contributed by atoms with Gasteiger partial charge in [-0.1, -0.05) is 30.0 Å². The molecule has 140 valence electrons. The van der Waals surface area contributed by atoms with Crippen LogP contribution in [0.3, 0.4) is 0 Å². The summed E-state index contributed by atoms with van der Waals surface area (Å²) in [6.07, 6.45) is -4.74. The van der Waals surface area contributed by atoms with Crippen LogP contribution < -0.4 is 5.32 Å². The van der Waals surface area contributed by atoms with Crippen LogP contribution >= 0.6 is 11.8 Å². The number of anilines is 1. The van der Waals surface area contributed by atoms with Gasteiger partial charge in [0.2, 0.25) is 11.7 Å². The third-order valence-corrected chi connectivity index (χ3v) is 4.36. The summed E-state index contributed by atoms with van der Waals surface area (Å²) in [5.74, 6) is -3.97. The summed E-state index contributed by atoms with van der Waals surface area (Å²) in [6, 6.07) is 8.62. The number of alkyl halides is 3. The SMILES string of the molecule is O=C(CSc1nc(C(F)(F)F)nc2ccccc12)Nc1cc(F)ccc1F. The molecule has 0 saturated heterocycles. The number of carbonyl (C=O) groups is 1. The number of aromatic nitrogens is 2. The first kappa shape index (κ1) is 19.0. The van der Waals surface area contributed by atoms with Crippen molar-refractivity contribution >= 4 is 34.3 Å². The van der Waals surface area contributed by atoms with Crippen molar-refractivity contribution in [2.75, 3.05) is 11.1 Å². The lowest BCUT2D eigenvalue weighted by Gasteiger charge is -2.10. The summed E-state index contributed by atoms with van der Waals surface area (Å²) < 4.78 is 65.6. The minimum atomic E-state index is -4.74. The van der Waals surface area contributed by atoms with Crippen molar-refractivity contribution in [2.24, 2.45) is 0 Å². The molecule has 3 aromatic rings. The topological polar surface area (TPSA) is 54.9 Å². The Balaban J connectivity index is 1.82. The third kappa shape index (κ3) is 4.51. The molecular weight excluding hydrogens is 389 g/mol. The van der Waals surface area contributed by atoms with Crippen LogP contribution in [0.4, 0.5) is 27.6 Å². The molecule has 1 amide bonds. The number of amides is 1. The number of thioether (sulfide) groups is 1. The van der Waals surface area contributed by atoms with Crippen LogP contribution in [0.15, 0.2) is 47.5 Å². The second kappa shape index (κ2) is 7.47. The summed E-state index contributed by atoms with van der Waals surface area (Å²) >= 11 is 0.738. The maximum atomic E-state index is 13.6. The van der Waals surface area contributed by atoms with Gasteiger partial charge in [0.05, 0.1) is 17.0 Å². The maximum Gasteiger partial charge on any atom is 0.451 e. The van der Waals surface area contributed by atoms with Gasteiger partial charge in [0.15, 0.2) is 0 Å². The van der Waals surface area contributed by atoms with Crippen LogP contribution in [0, 0.1) is 11.6 Å². The molecule has 0 unspecified atom stereocenters. The highest BCUT2D eigenvalue weighted by Crippen LogP contribution is 2.32. The summed E-state index contributed by atoms with van der Waals surface area (Å²) in [4.78, 5) is 19.0. The van der Waals surface area contributed by atoms with Gasteiger partial charge < -0.3 is 5.32 Å². The lowest BCUT2D eigenvalue weighted by atomic mass is 10.2. The number of benzene rings is 2. The van der Waals surface area contributed by atoms with Crippen molar-refractivity contribution in [2.45, 2.75) is 11.2 Å². The number of hydrogen-bond donors (Lipinski definition) is 1. The zero-order valence-corrected chi connectivity index (χ0v) is 14.2. The van der Waals surface area contributed by atoms with Gasteiger partial charge in [0.1, 0.15) is 16.7 Å². The van der Waals surface area contributed by atoms with E-state index in [0.717, 1.165) is 30.0 Å². The van der Waals surface area contributed by atoms with Crippen LogP contribution in [-0.4, -0.2) is 21.6 Å². The van der Waals surface area contributed by atoms with Gasteiger partial charge in [-0.05, 0) is 18.2 Å². The van der Waals surface area contributed by atoms with Crippen LogP contribution in [0.25, 0.3) is 10.9 Å². The molecule has 0 fully saturated rings. The zero-order valence-electron chi connectivity index (χ0n) is 13.3. The molecule has 0 bridgehead atoms. The number of carbonyl (C=O) groups excluding carboxylic acids is 1. The normalized spacial score (nSPS) is 11.6. The van der Waals surface area contributed by atoms with E-state index >= 15 is 0 Å². The molecule has 1 aromatic heterocycles. The van der Waals surface area contributed by atoms with E-state index in [1.165, 1.54) is 18.2 Å². The number of nitrogens with zero attached hydrogens (tertiary/aromatic N) is 2. The lowest BCUT2D eigenvalue weighted by molar-refractivity contribution is -0.145. The molecule has 10 heteroatoms. The van der Waals surface area contributed by atoms with E-state index in [2.05, 4.69) is 15.3 Å². The molecular formula is C17H10F5N3OS. The van der Waals surface area contributed by atoms with Crippen LogP contribution in [0.1, 0.15) is 5.82 Å². The quantitative estimate of drug-likeness (QED) is 0.394. The van der Waals surface area contributed by atoms with E-state index in [1.54, 1.807) is 6.07 Å². The lowest BCUT2D eigenvalue weighted by Crippen LogP contribution is -2.16. The van der Waals surface area contributed by atoms with Crippen LogP contribution in [0.2, 0.25) is 0 Å². The van der Waals surface area contributed by atoms with E-state index < -0.39 is 29.5 Å². The van der Waals surface area contributed by atoms with Gasteiger partial charge in [-0.3, -0.25) is 4.79 Å². The second-order valence-corrected chi connectivity index (χ2v) is 6.29. The fourth-order valence-corrected chi connectivity index (χ4v) is 3.02. The monoisotopic (exact) mass is 399 g/mol. The summed E-state index contributed by atoms with van der Waals surface area (Å²) in [5, 5.41) is 2.48. The minimum absolute atomic E-state index is 0.0391. The first-order valence-electron chi connectivity index (χ1n) is 7.46. The molecule has 0 spiro atoms. The second-order valence-electron chi connectivity index (χ2n) is 5.33. The first-order valence-corrected chi connectivity index (χ1v) is 8.44. The number of hydrogen-bond acceptors (Lipinski definition) is 4. The molecule has 2 aromatic carbocycles. The molecule has 0 aliphatic rings. The number of halogens is 5. The molecule has 1 heterocycles.